The van der Waals surface area contributed by atoms with Gasteiger partial charge in [-0.15, -0.1) is 0 Å². The van der Waals surface area contributed by atoms with E-state index in [2.05, 4.69) is 59.1 Å². The molecule has 1 saturated heterocycles. The van der Waals surface area contributed by atoms with Gasteiger partial charge in [-0.3, -0.25) is 9.80 Å². The lowest BCUT2D eigenvalue weighted by molar-refractivity contribution is 0.104. The minimum absolute atomic E-state index is 1.27. The SMILES string of the molecule is CCCCCCCCCCCCN(CCCCCCCCCCCC)CCN(CCCCCCCCCCCC)CCN1CCN(CCN(CCCCCCC)CCCCCCCC)CC1. The standard InChI is InChI=1S/C61H127N5/c1-6-11-16-21-25-28-31-34-39-44-49-62(50-45-40-35-32-29-26-22-17-12-7-2)52-54-64(51-46-41-36-33-30-27-23-18-13-8-3)55-57-66-60-58-65(59-61-66)56-53-63(47-42-37-20-15-10-5)48-43-38-24-19-14-9-4/h6-61H2,1-5H3. The van der Waals surface area contributed by atoms with Gasteiger partial charge in [0.05, 0.1) is 0 Å². The van der Waals surface area contributed by atoms with Crippen LogP contribution >= 0.6 is 0 Å². The second-order valence-electron chi connectivity index (χ2n) is 21.9. The molecule has 0 atom stereocenters. The first-order valence-corrected chi connectivity index (χ1v) is 31.3. The van der Waals surface area contributed by atoms with E-state index in [1.54, 1.807) is 0 Å². The van der Waals surface area contributed by atoms with Crippen LogP contribution in [-0.4, -0.2) is 123 Å². The fourth-order valence-corrected chi connectivity index (χ4v) is 10.6. The van der Waals surface area contributed by atoms with Crippen molar-refractivity contribution >= 4 is 0 Å². The van der Waals surface area contributed by atoms with Gasteiger partial charge in [-0.25, -0.2) is 0 Å². The highest BCUT2D eigenvalue weighted by atomic mass is 15.3. The number of rotatable bonds is 55. The molecule has 0 aliphatic carbocycles. The molecule has 1 aliphatic heterocycles. The van der Waals surface area contributed by atoms with Gasteiger partial charge in [0.1, 0.15) is 0 Å². The van der Waals surface area contributed by atoms with Crippen LogP contribution in [0.25, 0.3) is 0 Å². The fourth-order valence-electron chi connectivity index (χ4n) is 10.6. The van der Waals surface area contributed by atoms with E-state index in [-0.39, 0.29) is 0 Å². The molecule has 0 aromatic rings. The molecule has 1 rings (SSSR count). The third kappa shape index (κ3) is 43.8. The first kappa shape index (κ1) is 63.8. The normalized spacial score (nSPS) is 14.0. The van der Waals surface area contributed by atoms with Crippen molar-refractivity contribution in [1.29, 1.82) is 0 Å². The van der Waals surface area contributed by atoms with Crippen molar-refractivity contribution in [3.63, 3.8) is 0 Å². The molecule has 0 unspecified atom stereocenters. The monoisotopic (exact) mass is 930 g/mol. The first-order chi connectivity index (χ1) is 32.7. The highest BCUT2D eigenvalue weighted by molar-refractivity contribution is 4.75. The Hall–Kier alpha value is -0.200. The molecule has 0 N–H and O–H groups in total. The van der Waals surface area contributed by atoms with Crippen molar-refractivity contribution in [1.82, 2.24) is 24.5 Å². The zero-order valence-electron chi connectivity index (χ0n) is 46.8. The first-order valence-electron chi connectivity index (χ1n) is 31.3. The van der Waals surface area contributed by atoms with E-state index >= 15 is 0 Å². The molecule has 1 fully saturated rings. The summed E-state index contributed by atoms with van der Waals surface area (Å²) in [5.74, 6) is 0. The minimum Gasteiger partial charge on any atom is -0.302 e. The molecular weight excluding hydrogens is 803 g/mol. The highest BCUT2D eigenvalue weighted by Gasteiger charge is 2.19. The molecular formula is C61H127N5. The van der Waals surface area contributed by atoms with Crippen molar-refractivity contribution in [3.05, 3.63) is 0 Å². The van der Waals surface area contributed by atoms with Gasteiger partial charge < -0.3 is 14.7 Å². The van der Waals surface area contributed by atoms with Gasteiger partial charge in [0.2, 0.25) is 0 Å². The maximum Gasteiger partial charge on any atom is 0.0110 e. The van der Waals surface area contributed by atoms with Crippen LogP contribution in [0.5, 0.6) is 0 Å². The van der Waals surface area contributed by atoms with Crippen molar-refractivity contribution < 1.29 is 0 Å². The smallest absolute Gasteiger partial charge is 0.0110 e. The molecule has 5 nitrogen and oxygen atoms in total. The van der Waals surface area contributed by atoms with Crippen LogP contribution in [-0.2, 0) is 0 Å². The average molecular weight is 931 g/mol. The zero-order chi connectivity index (χ0) is 47.5. The Labute approximate surface area is 418 Å². The highest BCUT2D eigenvalue weighted by Crippen LogP contribution is 2.16. The second-order valence-corrected chi connectivity index (χ2v) is 21.9. The molecule has 5 heteroatoms. The fraction of sp³-hybridized carbons (Fsp3) is 1.00. The van der Waals surface area contributed by atoms with Crippen LogP contribution in [0.2, 0.25) is 0 Å². The Morgan fingerprint density at radius 2 is 0.364 bits per heavy atom. The summed E-state index contributed by atoms with van der Waals surface area (Å²) in [6.07, 6.45) is 58.6. The van der Waals surface area contributed by atoms with Crippen LogP contribution < -0.4 is 0 Å². The van der Waals surface area contributed by atoms with E-state index in [0.29, 0.717) is 0 Å². The van der Waals surface area contributed by atoms with Crippen LogP contribution in [0.3, 0.4) is 0 Å². The molecule has 0 spiro atoms. The number of unbranched alkanes of at least 4 members (excludes halogenated alkanes) is 36. The summed E-state index contributed by atoms with van der Waals surface area (Å²) in [7, 11) is 0. The number of piperazine rings is 1. The molecule has 0 aromatic heterocycles. The predicted octanol–water partition coefficient (Wildman–Crippen LogP) is 17.6. The molecule has 1 heterocycles. The van der Waals surface area contributed by atoms with Crippen LogP contribution in [0, 0.1) is 0 Å². The summed E-state index contributed by atoms with van der Waals surface area (Å²) in [5, 5.41) is 0. The van der Waals surface area contributed by atoms with Gasteiger partial charge >= 0.3 is 0 Å². The molecule has 0 aromatic carbocycles. The zero-order valence-corrected chi connectivity index (χ0v) is 46.8. The van der Waals surface area contributed by atoms with Gasteiger partial charge in [0.25, 0.3) is 0 Å². The molecule has 0 radical (unpaired) electrons. The average Bonchev–Trinajstić information content (AvgIpc) is 3.33. The van der Waals surface area contributed by atoms with E-state index in [0.717, 1.165) is 0 Å². The largest absolute Gasteiger partial charge is 0.302 e. The molecule has 0 saturated carbocycles. The summed E-state index contributed by atoms with van der Waals surface area (Å²) in [6.45, 7) is 31.0. The third-order valence-corrected chi connectivity index (χ3v) is 15.6. The Morgan fingerprint density at radius 3 is 0.576 bits per heavy atom. The van der Waals surface area contributed by atoms with E-state index < -0.39 is 0 Å². The topological polar surface area (TPSA) is 16.2 Å². The molecule has 0 amide bonds. The number of nitrogens with zero attached hydrogens (tertiary/aromatic N) is 5. The third-order valence-electron chi connectivity index (χ3n) is 15.6. The van der Waals surface area contributed by atoms with Gasteiger partial charge in [-0.2, -0.15) is 0 Å². The predicted molar refractivity (Wildman–Crippen MR) is 300 cm³/mol. The van der Waals surface area contributed by atoms with Crippen molar-refractivity contribution in [2.45, 2.75) is 298 Å². The lowest BCUT2D eigenvalue weighted by Crippen LogP contribution is -2.50. The maximum atomic E-state index is 2.92. The summed E-state index contributed by atoms with van der Waals surface area (Å²) in [6, 6.07) is 0. The van der Waals surface area contributed by atoms with E-state index in [1.165, 1.54) is 361 Å². The van der Waals surface area contributed by atoms with Crippen LogP contribution in [0.15, 0.2) is 0 Å². The summed E-state index contributed by atoms with van der Waals surface area (Å²) < 4.78 is 0. The Bertz CT molecular complexity index is 867. The van der Waals surface area contributed by atoms with Gasteiger partial charge in [-0.1, -0.05) is 266 Å². The van der Waals surface area contributed by atoms with Gasteiger partial charge in [0, 0.05) is 65.4 Å². The summed E-state index contributed by atoms with van der Waals surface area (Å²) in [4.78, 5) is 14.3. The van der Waals surface area contributed by atoms with Crippen LogP contribution in [0.1, 0.15) is 298 Å². The van der Waals surface area contributed by atoms with Crippen molar-refractivity contribution in [2.75, 3.05) is 98.2 Å². The van der Waals surface area contributed by atoms with E-state index in [9.17, 15) is 0 Å². The second kappa shape index (κ2) is 52.6. The Kier molecular flexibility index (Phi) is 50.9. The van der Waals surface area contributed by atoms with E-state index in [4.69, 9.17) is 0 Å². The molecule has 1 aliphatic rings. The van der Waals surface area contributed by atoms with E-state index in [1.807, 2.05) is 0 Å². The number of hydrogen-bond acceptors (Lipinski definition) is 5. The van der Waals surface area contributed by atoms with Gasteiger partial charge in [-0.05, 0) is 64.8 Å². The molecule has 396 valence electrons. The summed E-state index contributed by atoms with van der Waals surface area (Å²) in [5.41, 5.74) is 0. The maximum absolute atomic E-state index is 2.92. The molecule has 0 bridgehead atoms. The number of hydrogen-bond donors (Lipinski definition) is 0. The Morgan fingerprint density at radius 1 is 0.197 bits per heavy atom. The lowest BCUT2D eigenvalue weighted by Gasteiger charge is -2.37. The molecule has 66 heavy (non-hydrogen) atoms. The van der Waals surface area contributed by atoms with Crippen LogP contribution in [0.4, 0.5) is 0 Å². The quantitative estimate of drug-likeness (QED) is 0.0563. The summed E-state index contributed by atoms with van der Waals surface area (Å²) >= 11 is 0. The Balaban J connectivity index is 2.69. The van der Waals surface area contributed by atoms with Crippen molar-refractivity contribution in [2.24, 2.45) is 0 Å². The van der Waals surface area contributed by atoms with Gasteiger partial charge in [0.15, 0.2) is 0 Å². The van der Waals surface area contributed by atoms with Crippen molar-refractivity contribution in [3.8, 4) is 0 Å². The lowest BCUT2D eigenvalue weighted by atomic mass is 10.1. The minimum atomic E-state index is 1.27.